The summed E-state index contributed by atoms with van der Waals surface area (Å²) >= 11 is 7.71. The highest BCUT2D eigenvalue weighted by Crippen LogP contribution is 2.41. The molecule has 0 saturated carbocycles. The predicted molar refractivity (Wildman–Crippen MR) is 154 cm³/mol. The molecule has 0 aliphatic rings. The fraction of sp³-hybridized carbons (Fsp3) is 0.133. The normalized spacial score (nSPS) is 11.5. The van der Waals surface area contributed by atoms with Gasteiger partial charge in [-0.1, -0.05) is 23.7 Å². The van der Waals surface area contributed by atoms with Crippen LogP contribution in [0.25, 0.3) is 54.1 Å². The Labute approximate surface area is 228 Å². The van der Waals surface area contributed by atoms with Gasteiger partial charge >= 0.3 is 5.97 Å². The summed E-state index contributed by atoms with van der Waals surface area (Å²) in [6.45, 7) is 4.01. The van der Waals surface area contributed by atoms with Gasteiger partial charge in [-0.25, -0.2) is 4.98 Å². The number of aryl methyl sites for hydroxylation is 3. The molecule has 1 N–H and O–H groups in total. The second-order valence-electron chi connectivity index (χ2n) is 9.45. The Hall–Kier alpha value is -4.07. The molecule has 6 nitrogen and oxygen atoms in total. The number of hydrogen-bond acceptors (Lipinski definition) is 5. The summed E-state index contributed by atoms with van der Waals surface area (Å²) in [6, 6.07) is 17.7. The van der Waals surface area contributed by atoms with Crippen LogP contribution in [0.1, 0.15) is 16.7 Å². The fourth-order valence-corrected chi connectivity index (χ4v) is 6.21. The molecule has 6 aromatic rings. The molecule has 3 aromatic carbocycles. The van der Waals surface area contributed by atoms with E-state index in [1.54, 1.807) is 11.3 Å². The highest BCUT2D eigenvalue weighted by atomic mass is 35.5. The third-order valence-corrected chi connectivity index (χ3v) is 8.11. The smallest absolute Gasteiger partial charge is 0.307 e. The van der Waals surface area contributed by atoms with Crippen molar-refractivity contribution in [1.82, 2.24) is 19.7 Å². The Bertz CT molecular complexity index is 1870. The van der Waals surface area contributed by atoms with Gasteiger partial charge < -0.3 is 5.11 Å². The van der Waals surface area contributed by atoms with Crippen LogP contribution in [0.4, 0.5) is 0 Å². The number of fused-ring (bicyclic) bond motifs is 2. The number of nitrogens with zero attached hydrogens (tertiary/aromatic N) is 4. The summed E-state index contributed by atoms with van der Waals surface area (Å²) < 4.78 is 2.77. The van der Waals surface area contributed by atoms with E-state index in [2.05, 4.69) is 35.2 Å². The van der Waals surface area contributed by atoms with Gasteiger partial charge in [-0.2, -0.15) is 5.10 Å². The van der Waals surface area contributed by atoms with E-state index in [1.165, 1.54) is 0 Å². The van der Waals surface area contributed by atoms with Crippen molar-refractivity contribution in [1.29, 1.82) is 0 Å². The van der Waals surface area contributed by atoms with Crippen LogP contribution in [0.3, 0.4) is 0 Å². The van der Waals surface area contributed by atoms with E-state index in [-0.39, 0.29) is 6.42 Å². The molecule has 0 atom stereocenters. The Morgan fingerprint density at radius 1 is 1.00 bits per heavy atom. The van der Waals surface area contributed by atoms with E-state index < -0.39 is 5.97 Å². The number of rotatable bonds is 5. The maximum absolute atomic E-state index is 11.8. The molecular formula is C30H23ClN4O2S. The SMILES string of the molecule is Cc1cc2nn(C)cc2cc1-c1cc(-c2nc3cc(C)c(CC(=O)O)c(-c4ccc(Cl)cc4)c3s2)ccn1. The van der Waals surface area contributed by atoms with E-state index in [9.17, 15) is 9.90 Å². The molecule has 8 heteroatoms. The molecule has 188 valence electrons. The third-order valence-electron chi connectivity index (χ3n) is 6.72. The summed E-state index contributed by atoms with van der Waals surface area (Å²) in [5.74, 6) is -0.868. The largest absolute Gasteiger partial charge is 0.481 e. The van der Waals surface area contributed by atoms with Crippen molar-refractivity contribution in [2.45, 2.75) is 20.3 Å². The van der Waals surface area contributed by atoms with Crippen molar-refractivity contribution < 1.29 is 9.90 Å². The minimum absolute atomic E-state index is 0.0670. The Morgan fingerprint density at radius 3 is 2.53 bits per heavy atom. The van der Waals surface area contributed by atoms with Gasteiger partial charge in [0.15, 0.2) is 0 Å². The van der Waals surface area contributed by atoms with Crippen LogP contribution in [-0.4, -0.2) is 30.8 Å². The van der Waals surface area contributed by atoms with E-state index in [1.807, 2.05) is 67.4 Å². The summed E-state index contributed by atoms with van der Waals surface area (Å²) in [7, 11) is 1.92. The quantitative estimate of drug-likeness (QED) is 0.246. The monoisotopic (exact) mass is 538 g/mol. The zero-order chi connectivity index (χ0) is 26.6. The molecule has 0 spiro atoms. The summed E-state index contributed by atoms with van der Waals surface area (Å²) in [4.78, 5) is 21.4. The molecule has 3 heterocycles. The average Bonchev–Trinajstić information content (AvgIpc) is 3.46. The second kappa shape index (κ2) is 9.35. The van der Waals surface area contributed by atoms with Gasteiger partial charge in [-0.05, 0) is 78.6 Å². The topological polar surface area (TPSA) is 80.9 Å². The Balaban J connectivity index is 1.51. The van der Waals surface area contributed by atoms with Crippen LogP contribution in [0, 0.1) is 13.8 Å². The highest BCUT2D eigenvalue weighted by Gasteiger charge is 2.20. The zero-order valence-electron chi connectivity index (χ0n) is 21.0. The lowest BCUT2D eigenvalue weighted by Crippen LogP contribution is -2.04. The van der Waals surface area contributed by atoms with Crippen LogP contribution < -0.4 is 0 Å². The lowest BCUT2D eigenvalue weighted by molar-refractivity contribution is -0.136. The number of carbonyl (C=O) groups is 1. The van der Waals surface area contributed by atoms with Gasteiger partial charge in [0.1, 0.15) is 5.01 Å². The van der Waals surface area contributed by atoms with Gasteiger partial charge in [-0.15, -0.1) is 11.3 Å². The standard InChI is InChI=1S/C30H23ClN4O2S/c1-16-10-24-20(15-35(3)34-24)12-22(16)25-13-19(8-9-32-25)30-33-26-11-17(2)23(14-27(36)37)28(29(26)38-30)18-4-6-21(31)7-5-18/h4-13,15H,14H2,1-3H3,(H,36,37). The number of carboxylic acid groups (broad SMARTS) is 1. The van der Waals surface area contributed by atoms with Crippen molar-refractivity contribution in [3.05, 3.63) is 88.7 Å². The van der Waals surface area contributed by atoms with Crippen LogP contribution in [0.15, 0.2) is 67.0 Å². The molecule has 0 unspecified atom stereocenters. The molecular weight excluding hydrogens is 516 g/mol. The molecule has 0 bridgehead atoms. The Kier molecular flexibility index (Phi) is 5.97. The van der Waals surface area contributed by atoms with Crippen molar-refractivity contribution in [3.8, 4) is 33.0 Å². The van der Waals surface area contributed by atoms with E-state index >= 15 is 0 Å². The number of carboxylic acids is 1. The number of thiazole rings is 1. The minimum atomic E-state index is -0.868. The first-order valence-electron chi connectivity index (χ1n) is 12.1. The number of benzene rings is 3. The first-order chi connectivity index (χ1) is 18.3. The fourth-order valence-electron chi connectivity index (χ4n) is 4.95. The number of halogens is 1. The lowest BCUT2D eigenvalue weighted by atomic mass is 9.93. The van der Waals surface area contributed by atoms with Crippen molar-refractivity contribution in [2.75, 3.05) is 0 Å². The first kappa shape index (κ1) is 24.3. The summed E-state index contributed by atoms with van der Waals surface area (Å²) in [5, 5.41) is 16.7. The molecule has 38 heavy (non-hydrogen) atoms. The molecule has 0 fully saturated rings. The molecule has 0 amide bonds. The average molecular weight is 539 g/mol. The van der Waals surface area contributed by atoms with Crippen molar-refractivity contribution >= 4 is 50.0 Å². The number of pyridine rings is 1. The minimum Gasteiger partial charge on any atom is -0.481 e. The molecule has 0 radical (unpaired) electrons. The maximum Gasteiger partial charge on any atom is 0.307 e. The molecule has 3 aromatic heterocycles. The van der Waals surface area contributed by atoms with Crippen molar-refractivity contribution in [3.63, 3.8) is 0 Å². The maximum atomic E-state index is 11.8. The van der Waals surface area contributed by atoms with Crippen LogP contribution in [0.2, 0.25) is 5.02 Å². The predicted octanol–water partition coefficient (Wildman–Crippen LogP) is 7.48. The van der Waals surface area contributed by atoms with Crippen LogP contribution in [0.5, 0.6) is 0 Å². The number of aliphatic carboxylic acids is 1. The van der Waals surface area contributed by atoms with Gasteiger partial charge in [0.25, 0.3) is 0 Å². The van der Waals surface area contributed by atoms with Gasteiger partial charge in [0.2, 0.25) is 0 Å². The van der Waals surface area contributed by atoms with Crippen molar-refractivity contribution in [2.24, 2.45) is 7.05 Å². The molecule has 0 aliphatic carbocycles. The van der Waals surface area contributed by atoms with E-state index in [0.717, 1.165) is 70.8 Å². The zero-order valence-corrected chi connectivity index (χ0v) is 22.6. The van der Waals surface area contributed by atoms with E-state index in [4.69, 9.17) is 16.6 Å². The number of hydrogen-bond donors (Lipinski definition) is 1. The van der Waals surface area contributed by atoms with Gasteiger partial charge in [0, 0.05) is 46.5 Å². The summed E-state index contributed by atoms with van der Waals surface area (Å²) in [5.41, 5.74) is 9.29. The van der Waals surface area contributed by atoms with Gasteiger partial charge in [-0.3, -0.25) is 14.5 Å². The molecule has 6 rings (SSSR count). The molecule has 0 aliphatic heterocycles. The van der Waals surface area contributed by atoms with Crippen LogP contribution in [-0.2, 0) is 18.3 Å². The number of aromatic nitrogens is 4. The molecule has 0 saturated heterocycles. The van der Waals surface area contributed by atoms with Gasteiger partial charge in [0.05, 0.1) is 27.8 Å². The third kappa shape index (κ3) is 4.34. The summed E-state index contributed by atoms with van der Waals surface area (Å²) in [6.07, 6.45) is 3.75. The second-order valence-corrected chi connectivity index (χ2v) is 10.9. The van der Waals surface area contributed by atoms with E-state index in [0.29, 0.717) is 5.02 Å². The Morgan fingerprint density at radius 2 is 1.76 bits per heavy atom. The highest BCUT2D eigenvalue weighted by molar-refractivity contribution is 7.22. The van der Waals surface area contributed by atoms with Crippen LogP contribution >= 0.6 is 22.9 Å². The first-order valence-corrected chi connectivity index (χ1v) is 13.3. The lowest BCUT2D eigenvalue weighted by Gasteiger charge is -2.13.